The van der Waals surface area contributed by atoms with Crippen molar-refractivity contribution < 1.29 is 13.2 Å². The van der Waals surface area contributed by atoms with Crippen LogP contribution in [-0.2, 0) is 0 Å². The molecule has 0 bridgehead atoms. The zero-order chi connectivity index (χ0) is 11.7. The lowest BCUT2D eigenvalue weighted by Gasteiger charge is -2.28. The van der Waals surface area contributed by atoms with Crippen molar-refractivity contribution in [2.24, 2.45) is 0 Å². The summed E-state index contributed by atoms with van der Waals surface area (Å²) < 4.78 is 37.6. The highest BCUT2D eigenvalue weighted by molar-refractivity contribution is 6.26. The second kappa shape index (κ2) is 3.60. The van der Waals surface area contributed by atoms with Crippen LogP contribution in [0.25, 0.3) is 0 Å². The molecule has 1 rings (SSSR count). The summed E-state index contributed by atoms with van der Waals surface area (Å²) in [5.41, 5.74) is -0.397. The normalized spacial score (nSPS) is 26.0. The largest absolute Gasteiger partial charge is 0.411 e. The highest BCUT2D eigenvalue weighted by Crippen LogP contribution is 2.44. The summed E-state index contributed by atoms with van der Waals surface area (Å²) in [6, 6.07) is 3.12. The summed E-state index contributed by atoms with van der Waals surface area (Å²) in [6.45, 7) is 0. The first kappa shape index (κ1) is 11.6. The van der Waals surface area contributed by atoms with Crippen LogP contribution in [-0.4, -0.2) is 11.1 Å². The molecule has 1 unspecified atom stereocenters. The molecule has 6 heteroatoms. The zero-order valence-electron chi connectivity index (χ0n) is 7.27. The van der Waals surface area contributed by atoms with E-state index in [9.17, 15) is 13.2 Å². The number of nitrogens with zero attached hydrogens (tertiary/aromatic N) is 2. The van der Waals surface area contributed by atoms with Crippen molar-refractivity contribution in [3.05, 3.63) is 23.3 Å². The summed E-state index contributed by atoms with van der Waals surface area (Å²) >= 11 is 5.35. The van der Waals surface area contributed by atoms with E-state index in [1.807, 2.05) is 0 Å². The molecule has 0 spiro atoms. The lowest BCUT2D eigenvalue weighted by molar-refractivity contribution is -0.150. The third-order valence-electron chi connectivity index (χ3n) is 1.91. The molecule has 0 saturated carbocycles. The van der Waals surface area contributed by atoms with Gasteiger partial charge in [0.2, 0.25) is 0 Å². The van der Waals surface area contributed by atoms with E-state index in [-0.39, 0.29) is 11.1 Å². The van der Waals surface area contributed by atoms with Gasteiger partial charge >= 0.3 is 6.18 Å². The van der Waals surface area contributed by atoms with Gasteiger partial charge in [0.05, 0.1) is 17.7 Å². The van der Waals surface area contributed by atoms with E-state index in [4.69, 9.17) is 22.1 Å². The molecule has 0 aromatic heterocycles. The summed E-state index contributed by atoms with van der Waals surface area (Å²) in [5, 5.41) is 17.0. The van der Waals surface area contributed by atoms with Crippen molar-refractivity contribution in [2.45, 2.75) is 17.5 Å². The third-order valence-corrected chi connectivity index (χ3v) is 2.36. The molecule has 2 nitrogen and oxygen atoms in total. The monoisotopic (exact) mass is 232 g/mol. The van der Waals surface area contributed by atoms with E-state index in [0.29, 0.717) is 6.08 Å². The van der Waals surface area contributed by atoms with Crippen LogP contribution in [0.1, 0.15) is 6.42 Å². The Kier molecular flexibility index (Phi) is 2.79. The zero-order valence-corrected chi connectivity index (χ0v) is 8.02. The molecule has 0 amide bonds. The van der Waals surface area contributed by atoms with Crippen LogP contribution in [0.5, 0.6) is 0 Å². The van der Waals surface area contributed by atoms with E-state index in [0.717, 1.165) is 6.08 Å². The highest BCUT2D eigenvalue weighted by atomic mass is 35.5. The first-order chi connectivity index (χ1) is 6.82. The average Bonchev–Trinajstić information content (AvgIpc) is 2.15. The van der Waals surface area contributed by atoms with Gasteiger partial charge in [-0.2, -0.15) is 23.7 Å². The molecule has 0 saturated heterocycles. The van der Waals surface area contributed by atoms with Crippen LogP contribution < -0.4 is 0 Å². The lowest BCUT2D eigenvalue weighted by atomic mass is 9.90. The Labute approximate surface area is 88.9 Å². The molecule has 1 atom stereocenters. The van der Waals surface area contributed by atoms with E-state index >= 15 is 0 Å². The van der Waals surface area contributed by atoms with Crippen molar-refractivity contribution >= 4 is 11.6 Å². The summed E-state index contributed by atoms with van der Waals surface area (Å²) in [4.78, 5) is -2.64. The Morgan fingerprint density at radius 2 is 1.93 bits per heavy atom. The second-order valence-electron chi connectivity index (χ2n) is 3.03. The topological polar surface area (TPSA) is 47.6 Å². The predicted molar refractivity (Wildman–Crippen MR) is 46.6 cm³/mol. The fourth-order valence-electron chi connectivity index (χ4n) is 1.17. The number of nitriles is 2. The maximum atomic E-state index is 12.5. The van der Waals surface area contributed by atoms with Crippen molar-refractivity contribution in [1.29, 1.82) is 10.5 Å². The van der Waals surface area contributed by atoms with Gasteiger partial charge in [-0.25, -0.2) is 0 Å². The molecular formula is C9H4ClF3N2. The summed E-state index contributed by atoms with van der Waals surface area (Å²) in [7, 11) is 0. The van der Waals surface area contributed by atoms with Crippen LogP contribution in [0.4, 0.5) is 13.2 Å². The summed E-state index contributed by atoms with van der Waals surface area (Å²) in [5.74, 6) is 0. The minimum atomic E-state index is -4.69. The van der Waals surface area contributed by atoms with Gasteiger partial charge in [0, 0.05) is 12.0 Å². The quantitative estimate of drug-likeness (QED) is 0.603. The molecule has 0 fully saturated rings. The predicted octanol–water partition coefficient (Wildman–Crippen LogP) is 2.83. The SMILES string of the molecule is N#CC1=CC(Cl)(C(F)(F)F)CC(C#N)=C1. The fourth-order valence-corrected chi connectivity index (χ4v) is 1.44. The maximum Gasteiger partial charge on any atom is 0.411 e. The molecule has 0 aromatic carbocycles. The van der Waals surface area contributed by atoms with Gasteiger partial charge in [0.1, 0.15) is 0 Å². The van der Waals surface area contributed by atoms with Gasteiger partial charge in [-0.3, -0.25) is 0 Å². The molecule has 1 aliphatic carbocycles. The Hall–Kier alpha value is -1.46. The number of rotatable bonds is 0. The average molecular weight is 233 g/mol. The summed E-state index contributed by atoms with van der Waals surface area (Å²) in [6.07, 6.45) is -3.59. The Balaban J connectivity index is 3.21. The molecule has 15 heavy (non-hydrogen) atoms. The van der Waals surface area contributed by atoms with Gasteiger partial charge in [0.15, 0.2) is 4.87 Å². The molecule has 0 heterocycles. The minimum Gasteiger partial charge on any atom is -0.193 e. The van der Waals surface area contributed by atoms with Gasteiger partial charge < -0.3 is 0 Å². The molecule has 1 aliphatic rings. The van der Waals surface area contributed by atoms with Crippen LogP contribution in [0.15, 0.2) is 23.3 Å². The molecular weight excluding hydrogens is 229 g/mol. The van der Waals surface area contributed by atoms with E-state index in [2.05, 4.69) is 0 Å². The van der Waals surface area contributed by atoms with Crippen molar-refractivity contribution in [3.8, 4) is 12.1 Å². The Morgan fingerprint density at radius 3 is 2.33 bits per heavy atom. The number of hydrogen-bond donors (Lipinski definition) is 0. The van der Waals surface area contributed by atoms with Crippen molar-refractivity contribution in [1.82, 2.24) is 0 Å². The third kappa shape index (κ3) is 2.14. The van der Waals surface area contributed by atoms with Gasteiger partial charge in [-0.1, -0.05) is 0 Å². The first-order valence-electron chi connectivity index (χ1n) is 3.81. The van der Waals surface area contributed by atoms with Crippen molar-refractivity contribution in [2.75, 3.05) is 0 Å². The van der Waals surface area contributed by atoms with E-state index < -0.39 is 17.5 Å². The minimum absolute atomic E-state index is 0.152. The first-order valence-corrected chi connectivity index (χ1v) is 4.19. The maximum absolute atomic E-state index is 12.5. The molecule has 0 aromatic rings. The van der Waals surface area contributed by atoms with Gasteiger partial charge in [0.25, 0.3) is 0 Å². The Bertz CT molecular complexity index is 422. The lowest BCUT2D eigenvalue weighted by Crippen LogP contribution is -2.39. The standard InChI is InChI=1S/C9H4ClF3N2/c10-8(9(11,12)13)2-6(4-14)1-7(3-8)5-15/h1-2H,3H2. The van der Waals surface area contributed by atoms with Crippen LogP contribution >= 0.6 is 11.6 Å². The van der Waals surface area contributed by atoms with Gasteiger partial charge in [-0.05, 0) is 12.2 Å². The molecule has 0 N–H and O–H groups in total. The molecule has 0 aliphatic heterocycles. The Morgan fingerprint density at radius 1 is 1.33 bits per heavy atom. The van der Waals surface area contributed by atoms with Crippen molar-refractivity contribution in [3.63, 3.8) is 0 Å². The highest BCUT2D eigenvalue weighted by Gasteiger charge is 2.53. The van der Waals surface area contributed by atoms with Gasteiger partial charge in [-0.15, -0.1) is 11.6 Å². The number of halogens is 4. The number of allylic oxidation sites excluding steroid dienone is 4. The van der Waals surface area contributed by atoms with Crippen LogP contribution in [0.3, 0.4) is 0 Å². The second-order valence-corrected chi connectivity index (χ2v) is 3.70. The number of alkyl halides is 4. The fraction of sp³-hybridized carbons (Fsp3) is 0.333. The van der Waals surface area contributed by atoms with E-state index in [1.54, 1.807) is 12.1 Å². The van der Waals surface area contributed by atoms with Crippen LogP contribution in [0, 0.1) is 22.7 Å². The number of hydrogen-bond acceptors (Lipinski definition) is 2. The molecule has 0 radical (unpaired) electrons. The van der Waals surface area contributed by atoms with Crippen LogP contribution in [0.2, 0.25) is 0 Å². The van der Waals surface area contributed by atoms with E-state index in [1.165, 1.54) is 0 Å². The molecule has 78 valence electrons. The smallest absolute Gasteiger partial charge is 0.193 e.